The molecule has 3 aromatic rings. The normalized spacial score (nSPS) is 12.7. The highest BCUT2D eigenvalue weighted by atomic mass is 32.2. The Morgan fingerprint density at radius 1 is 1.15 bits per heavy atom. The molecule has 0 spiro atoms. The second-order valence-electron chi connectivity index (χ2n) is 6.26. The van der Waals surface area contributed by atoms with Crippen LogP contribution in [0.2, 0.25) is 0 Å². The van der Waals surface area contributed by atoms with Gasteiger partial charge in [0.2, 0.25) is 5.91 Å². The van der Waals surface area contributed by atoms with Crippen molar-refractivity contribution in [1.82, 2.24) is 4.57 Å². The Morgan fingerprint density at radius 3 is 2.54 bits per heavy atom. The molecule has 0 N–H and O–H groups in total. The Balaban J connectivity index is 1.85. The van der Waals surface area contributed by atoms with Crippen molar-refractivity contribution in [3.05, 3.63) is 58.4 Å². The molecule has 26 heavy (non-hydrogen) atoms. The molecule has 1 heterocycles. The summed E-state index contributed by atoms with van der Waals surface area (Å²) >= 11 is 1.44. The summed E-state index contributed by atoms with van der Waals surface area (Å²) < 4.78 is 27.5. The van der Waals surface area contributed by atoms with Gasteiger partial charge in [-0.15, -0.1) is 0 Å². The number of hydrogen-bond acceptors (Lipinski definition) is 4. The predicted octanol–water partition coefficient (Wildman–Crippen LogP) is 3.15. The first kappa shape index (κ1) is 18.5. The average Bonchev–Trinajstić information content (AvgIpc) is 2.89. The van der Waals surface area contributed by atoms with Crippen LogP contribution in [-0.4, -0.2) is 24.6 Å². The van der Waals surface area contributed by atoms with Gasteiger partial charge in [-0.2, -0.15) is 4.99 Å². The lowest BCUT2D eigenvalue weighted by Gasteiger charge is -2.02. The molecular weight excluding hydrogens is 368 g/mol. The lowest BCUT2D eigenvalue weighted by atomic mass is 10.1. The predicted molar refractivity (Wildman–Crippen MR) is 104 cm³/mol. The van der Waals surface area contributed by atoms with Gasteiger partial charge in [0.05, 0.1) is 20.9 Å². The minimum absolute atomic E-state index is 0.135. The van der Waals surface area contributed by atoms with E-state index in [1.54, 1.807) is 18.2 Å². The number of fused-ring (bicyclic) bond motifs is 1. The van der Waals surface area contributed by atoms with Crippen molar-refractivity contribution in [3.8, 4) is 0 Å². The van der Waals surface area contributed by atoms with Crippen molar-refractivity contribution in [2.24, 2.45) is 12.0 Å². The number of carbonyl (C=O) groups is 1. The fraction of sp³-hybridized carbons (Fsp3) is 0.263. The molecule has 2 aromatic carbocycles. The Bertz CT molecular complexity index is 1140. The molecule has 1 amide bonds. The first-order chi connectivity index (χ1) is 12.3. The fourth-order valence-corrected chi connectivity index (χ4v) is 5.38. The molecule has 0 aliphatic carbocycles. The molecule has 0 radical (unpaired) electrons. The van der Waals surface area contributed by atoms with Crippen molar-refractivity contribution in [2.45, 2.75) is 25.2 Å². The highest BCUT2D eigenvalue weighted by Crippen LogP contribution is 2.22. The lowest BCUT2D eigenvalue weighted by Crippen LogP contribution is -2.16. The Kier molecular flexibility index (Phi) is 5.11. The third-order valence-corrected chi connectivity index (χ3v) is 6.95. The van der Waals surface area contributed by atoms with E-state index in [0.717, 1.165) is 21.3 Å². The molecule has 0 fully saturated rings. The molecule has 0 saturated carbocycles. The number of hydrogen-bond donors (Lipinski definition) is 0. The maximum atomic E-state index is 12.3. The van der Waals surface area contributed by atoms with E-state index in [2.05, 4.69) is 17.1 Å². The van der Waals surface area contributed by atoms with Gasteiger partial charge in [-0.1, -0.05) is 35.6 Å². The standard InChI is InChI=1S/C19H20N2O3S2/c1-13-11-14(2)18-16(12-13)25-19(21(18)3)20-17(22)9-10-26(23,24)15-7-5-4-6-8-15/h4-8,11-12H,9-10H2,1-3H3. The van der Waals surface area contributed by atoms with Crippen LogP contribution in [0.15, 0.2) is 52.4 Å². The van der Waals surface area contributed by atoms with Crippen LogP contribution in [0, 0.1) is 13.8 Å². The van der Waals surface area contributed by atoms with E-state index in [-0.39, 0.29) is 17.1 Å². The Hall–Kier alpha value is -2.25. The van der Waals surface area contributed by atoms with E-state index in [1.807, 2.05) is 25.5 Å². The van der Waals surface area contributed by atoms with E-state index in [0.29, 0.717) is 4.80 Å². The second kappa shape index (κ2) is 7.17. The van der Waals surface area contributed by atoms with Gasteiger partial charge in [-0.05, 0) is 43.2 Å². The largest absolute Gasteiger partial charge is 0.319 e. The fourth-order valence-electron chi connectivity index (χ4n) is 2.92. The molecule has 7 heteroatoms. The van der Waals surface area contributed by atoms with E-state index < -0.39 is 15.7 Å². The Morgan fingerprint density at radius 2 is 1.85 bits per heavy atom. The Labute approximate surface area is 156 Å². The van der Waals surface area contributed by atoms with Crippen molar-refractivity contribution in [3.63, 3.8) is 0 Å². The maximum Gasteiger partial charge on any atom is 0.249 e. The van der Waals surface area contributed by atoms with Crippen molar-refractivity contribution in [1.29, 1.82) is 0 Å². The maximum absolute atomic E-state index is 12.3. The van der Waals surface area contributed by atoms with Gasteiger partial charge in [-0.25, -0.2) is 8.42 Å². The van der Waals surface area contributed by atoms with Gasteiger partial charge >= 0.3 is 0 Å². The van der Waals surface area contributed by atoms with Crippen LogP contribution < -0.4 is 4.80 Å². The van der Waals surface area contributed by atoms with Crippen molar-refractivity contribution >= 4 is 37.3 Å². The number of aromatic nitrogens is 1. The third-order valence-electron chi connectivity index (χ3n) is 4.14. The van der Waals surface area contributed by atoms with E-state index in [1.165, 1.54) is 23.5 Å². The van der Waals surface area contributed by atoms with Crippen molar-refractivity contribution in [2.75, 3.05) is 5.75 Å². The van der Waals surface area contributed by atoms with Gasteiger partial charge in [-0.3, -0.25) is 4.79 Å². The molecule has 0 unspecified atom stereocenters. The summed E-state index contributed by atoms with van der Waals surface area (Å²) in [6.45, 7) is 4.06. The number of carbonyl (C=O) groups excluding carboxylic acids is 1. The van der Waals surface area contributed by atoms with Gasteiger partial charge in [0.15, 0.2) is 14.6 Å². The molecule has 0 aliphatic rings. The van der Waals surface area contributed by atoms with Crippen LogP contribution in [0.4, 0.5) is 0 Å². The molecule has 0 saturated heterocycles. The summed E-state index contributed by atoms with van der Waals surface area (Å²) in [6.07, 6.45) is -0.135. The van der Waals surface area contributed by atoms with Gasteiger partial charge in [0.1, 0.15) is 0 Å². The first-order valence-corrected chi connectivity index (χ1v) is 10.7. The highest BCUT2D eigenvalue weighted by molar-refractivity contribution is 7.91. The first-order valence-electron chi connectivity index (χ1n) is 8.20. The zero-order valence-corrected chi connectivity index (χ0v) is 16.5. The second-order valence-corrected chi connectivity index (χ2v) is 9.38. The number of amides is 1. The molecule has 0 aliphatic heterocycles. The number of thiazole rings is 1. The van der Waals surface area contributed by atoms with E-state index in [4.69, 9.17) is 0 Å². The molecule has 5 nitrogen and oxygen atoms in total. The van der Waals surface area contributed by atoms with E-state index in [9.17, 15) is 13.2 Å². The summed E-state index contributed by atoms with van der Waals surface area (Å²) in [5.74, 6) is -0.674. The monoisotopic (exact) mass is 388 g/mol. The SMILES string of the molecule is Cc1cc(C)c2c(c1)sc(=NC(=O)CCS(=O)(=O)c1ccccc1)n2C. The number of sulfone groups is 1. The number of rotatable bonds is 4. The molecule has 0 bridgehead atoms. The topological polar surface area (TPSA) is 68.5 Å². The van der Waals surface area contributed by atoms with Crippen LogP contribution >= 0.6 is 11.3 Å². The third kappa shape index (κ3) is 3.78. The summed E-state index contributed by atoms with van der Waals surface area (Å²) in [7, 11) is -1.61. The van der Waals surface area contributed by atoms with Crippen LogP contribution in [0.25, 0.3) is 10.2 Å². The summed E-state index contributed by atoms with van der Waals surface area (Å²) in [6, 6.07) is 12.3. The summed E-state index contributed by atoms with van der Waals surface area (Å²) in [4.78, 5) is 17.2. The van der Waals surface area contributed by atoms with Crippen LogP contribution in [0.1, 0.15) is 17.5 Å². The van der Waals surface area contributed by atoms with Gasteiger partial charge in [0.25, 0.3) is 0 Å². The highest BCUT2D eigenvalue weighted by Gasteiger charge is 2.16. The van der Waals surface area contributed by atoms with Crippen molar-refractivity contribution < 1.29 is 13.2 Å². The zero-order chi connectivity index (χ0) is 18.9. The number of benzene rings is 2. The molecular formula is C19H20N2O3S2. The molecule has 136 valence electrons. The van der Waals surface area contributed by atoms with Gasteiger partial charge in [0, 0.05) is 13.5 Å². The molecule has 1 aromatic heterocycles. The van der Waals surface area contributed by atoms with Crippen LogP contribution in [0.3, 0.4) is 0 Å². The van der Waals surface area contributed by atoms with Crippen LogP contribution in [-0.2, 0) is 21.7 Å². The average molecular weight is 389 g/mol. The number of nitrogens with zero attached hydrogens (tertiary/aromatic N) is 2. The zero-order valence-electron chi connectivity index (χ0n) is 14.9. The minimum atomic E-state index is -3.48. The summed E-state index contributed by atoms with van der Waals surface area (Å²) in [5.41, 5.74) is 3.33. The molecule has 0 atom stereocenters. The molecule has 3 rings (SSSR count). The quantitative estimate of drug-likeness (QED) is 0.689. The van der Waals surface area contributed by atoms with E-state index >= 15 is 0 Å². The van der Waals surface area contributed by atoms with Gasteiger partial charge < -0.3 is 4.57 Å². The smallest absolute Gasteiger partial charge is 0.249 e. The summed E-state index contributed by atoms with van der Waals surface area (Å²) in [5, 5.41) is 0. The van der Waals surface area contributed by atoms with Crippen LogP contribution in [0.5, 0.6) is 0 Å². The minimum Gasteiger partial charge on any atom is -0.319 e. The number of aryl methyl sites for hydroxylation is 3. The lowest BCUT2D eigenvalue weighted by molar-refractivity contribution is -0.117.